The number of benzene rings is 1. The Hall–Kier alpha value is -2.50. The van der Waals surface area contributed by atoms with E-state index >= 15 is 0 Å². The summed E-state index contributed by atoms with van der Waals surface area (Å²) in [4.78, 5) is 37.3. The number of nitrogens with zero attached hydrogens (tertiary/aromatic N) is 4. The number of sulfonamides is 1. The third-order valence-corrected chi connectivity index (χ3v) is 7.70. The molecule has 3 rings (SSSR count). The zero-order chi connectivity index (χ0) is 27.9. The third-order valence-electron chi connectivity index (χ3n) is 6.20. The van der Waals surface area contributed by atoms with Crippen LogP contribution in [0.2, 0.25) is 0 Å². The lowest BCUT2D eigenvalue weighted by Crippen LogP contribution is -2.40. The van der Waals surface area contributed by atoms with E-state index in [9.17, 15) is 18.0 Å². The van der Waals surface area contributed by atoms with Crippen LogP contribution in [0.5, 0.6) is 0 Å². The number of para-hydroxylation sites is 1. The summed E-state index contributed by atoms with van der Waals surface area (Å²) in [5.74, 6) is 0.757. The standard InChI is InChI=1S/C27H41N5O4S2/c1-20(2)15-26(34)32-12-8-11-30(17-21(3)4)13-14-31(18-22-9-6-7-10-24(22)32)25(33)16-23-19-37-27(28-23)29-38(5,35)36/h6-7,9-10,19-21H,8,11-18H2,1-5H3,(H,28,29). The fraction of sp³-hybridized carbons (Fsp3) is 0.593. The van der Waals surface area contributed by atoms with E-state index in [-0.39, 0.29) is 29.3 Å². The number of hydrogen-bond acceptors (Lipinski definition) is 7. The highest BCUT2D eigenvalue weighted by Gasteiger charge is 2.24. The topological polar surface area (TPSA) is 103 Å². The molecule has 2 aromatic rings. The molecular weight excluding hydrogens is 522 g/mol. The summed E-state index contributed by atoms with van der Waals surface area (Å²) in [6, 6.07) is 7.85. The summed E-state index contributed by atoms with van der Waals surface area (Å²) in [6.45, 7) is 12.6. The SMILES string of the molecule is CC(C)CC(=O)N1CCCN(CC(C)C)CCN(C(=O)Cc2csc(NS(C)(=O)=O)n2)Cc2ccccc21. The summed E-state index contributed by atoms with van der Waals surface area (Å²) >= 11 is 1.16. The van der Waals surface area contributed by atoms with Gasteiger partial charge in [-0.1, -0.05) is 45.9 Å². The number of anilines is 2. The number of carbonyl (C=O) groups is 2. The summed E-state index contributed by atoms with van der Waals surface area (Å²) < 4.78 is 25.5. The van der Waals surface area contributed by atoms with Gasteiger partial charge in [-0.15, -0.1) is 11.3 Å². The molecule has 210 valence electrons. The minimum Gasteiger partial charge on any atom is -0.337 e. The largest absolute Gasteiger partial charge is 0.337 e. The second kappa shape index (κ2) is 13.5. The monoisotopic (exact) mass is 563 g/mol. The van der Waals surface area contributed by atoms with Gasteiger partial charge in [-0.25, -0.2) is 13.4 Å². The number of carbonyl (C=O) groups excluding carboxylic acids is 2. The maximum Gasteiger partial charge on any atom is 0.231 e. The smallest absolute Gasteiger partial charge is 0.231 e. The molecule has 0 unspecified atom stereocenters. The van der Waals surface area contributed by atoms with Crippen molar-refractivity contribution in [1.29, 1.82) is 0 Å². The lowest BCUT2D eigenvalue weighted by atomic mass is 10.1. The van der Waals surface area contributed by atoms with Crippen LogP contribution in [0, 0.1) is 11.8 Å². The fourth-order valence-corrected chi connectivity index (χ4v) is 6.19. The van der Waals surface area contributed by atoms with E-state index in [1.54, 1.807) is 5.38 Å². The van der Waals surface area contributed by atoms with Crippen LogP contribution in [0.15, 0.2) is 29.6 Å². The van der Waals surface area contributed by atoms with Crippen molar-refractivity contribution in [1.82, 2.24) is 14.8 Å². The molecule has 9 nitrogen and oxygen atoms in total. The highest BCUT2D eigenvalue weighted by atomic mass is 32.2. The predicted molar refractivity (Wildman–Crippen MR) is 154 cm³/mol. The molecule has 1 aromatic heterocycles. The number of fused-ring (bicyclic) bond motifs is 1. The number of hydrogen-bond donors (Lipinski definition) is 1. The third kappa shape index (κ3) is 9.36. The molecule has 11 heteroatoms. The summed E-state index contributed by atoms with van der Waals surface area (Å²) in [6.07, 6.45) is 2.47. The number of aromatic nitrogens is 1. The highest BCUT2D eigenvalue weighted by molar-refractivity contribution is 7.92. The van der Waals surface area contributed by atoms with Crippen LogP contribution in [0.25, 0.3) is 0 Å². The molecule has 0 atom stereocenters. The minimum atomic E-state index is -3.44. The Bertz CT molecular complexity index is 1200. The number of thiazole rings is 1. The number of amides is 2. The molecule has 38 heavy (non-hydrogen) atoms. The van der Waals surface area contributed by atoms with Gasteiger partial charge in [0.1, 0.15) is 0 Å². The molecule has 1 N–H and O–H groups in total. The van der Waals surface area contributed by atoms with Crippen LogP contribution in [-0.2, 0) is 32.6 Å². The Kier molecular flexibility index (Phi) is 10.7. The van der Waals surface area contributed by atoms with E-state index in [2.05, 4.69) is 42.3 Å². The second-order valence-corrected chi connectivity index (χ2v) is 13.4. The minimum absolute atomic E-state index is 0.0737. The lowest BCUT2D eigenvalue weighted by Gasteiger charge is -2.29. The van der Waals surface area contributed by atoms with Gasteiger partial charge >= 0.3 is 0 Å². The summed E-state index contributed by atoms with van der Waals surface area (Å²) in [7, 11) is -3.44. The molecule has 2 amide bonds. The van der Waals surface area contributed by atoms with Crippen molar-refractivity contribution in [2.75, 3.05) is 48.6 Å². The molecule has 0 saturated heterocycles. The van der Waals surface area contributed by atoms with Crippen LogP contribution >= 0.6 is 11.3 Å². The van der Waals surface area contributed by atoms with Crippen LogP contribution in [-0.4, -0.2) is 74.0 Å². The Morgan fingerprint density at radius 2 is 1.76 bits per heavy atom. The Labute approximate surface area is 231 Å². The van der Waals surface area contributed by atoms with Gasteiger partial charge in [0.2, 0.25) is 21.8 Å². The predicted octanol–water partition coefficient (Wildman–Crippen LogP) is 3.83. The van der Waals surface area contributed by atoms with Crippen LogP contribution in [0.1, 0.15) is 51.8 Å². The van der Waals surface area contributed by atoms with E-state index in [0.29, 0.717) is 37.7 Å². The van der Waals surface area contributed by atoms with Crippen molar-refractivity contribution in [3.63, 3.8) is 0 Å². The zero-order valence-corrected chi connectivity index (χ0v) is 24.8. The van der Waals surface area contributed by atoms with Crippen LogP contribution in [0.4, 0.5) is 10.8 Å². The molecule has 1 aliphatic rings. The van der Waals surface area contributed by atoms with Crippen molar-refractivity contribution in [3.05, 3.63) is 40.9 Å². The molecule has 1 aromatic carbocycles. The van der Waals surface area contributed by atoms with Gasteiger partial charge < -0.3 is 14.7 Å². The van der Waals surface area contributed by atoms with Gasteiger partial charge in [0, 0.05) is 50.2 Å². The Balaban J connectivity index is 1.89. The van der Waals surface area contributed by atoms with Crippen molar-refractivity contribution in [2.24, 2.45) is 11.8 Å². The number of rotatable bonds is 8. The van der Waals surface area contributed by atoms with E-state index in [0.717, 1.165) is 54.9 Å². The van der Waals surface area contributed by atoms with Gasteiger partial charge in [-0.3, -0.25) is 14.3 Å². The molecule has 0 bridgehead atoms. The highest BCUT2D eigenvalue weighted by Crippen LogP contribution is 2.26. The Morgan fingerprint density at radius 1 is 1.03 bits per heavy atom. The van der Waals surface area contributed by atoms with Crippen molar-refractivity contribution in [2.45, 2.75) is 53.5 Å². The first-order valence-electron chi connectivity index (χ1n) is 13.2. The van der Waals surface area contributed by atoms with E-state index in [1.165, 1.54) is 0 Å². The normalized spacial score (nSPS) is 15.9. The first-order chi connectivity index (χ1) is 17.9. The van der Waals surface area contributed by atoms with E-state index in [1.807, 2.05) is 34.1 Å². The van der Waals surface area contributed by atoms with E-state index in [4.69, 9.17) is 0 Å². The molecular formula is C27H41N5O4S2. The molecule has 0 saturated carbocycles. The summed E-state index contributed by atoms with van der Waals surface area (Å²) in [5.41, 5.74) is 2.33. The van der Waals surface area contributed by atoms with Crippen molar-refractivity contribution >= 4 is 44.0 Å². The average molecular weight is 564 g/mol. The lowest BCUT2D eigenvalue weighted by molar-refractivity contribution is -0.131. The first kappa shape index (κ1) is 30.0. The maximum atomic E-state index is 13.6. The van der Waals surface area contributed by atoms with E-state index < -0.39 is 10.0 Å². The molecule has 0 radical (unpaired) electrons. The molecule has 0 aliphatic carbocycles. The van der Waals surface area contributed by atoms with Gasteiger partial charge in [0.15, 0.2) is 5.13 Å². The first-order valence-corrected chi connectivity index (χ1v) is 16.0. The summed E-state index contributed by atoms with van der Waals surface area (Å²) in [5, 5.41) is 1.96. The van der Waals surface area contributed by atoms with Crippen molar-refractivity contribution in [3.8, 4) is 0 Å². The fourth-order valence-electron chi connectivity index (χ4n) is 4.63. The van der Waals surface area contributed by atoms with Gasteiger partial charge in [0.25, 0.3) is 0 Å². The van der Waals surface area contributed by atoms with Gasteiger partial charge in [0.05, 0.1) is 18.4 Å². The molecule has 0 spiro atoms. The van der Waals surface area contributed by atoms with Crippen LogP contribution in [0.3, 0.4) is 0 Å². The zero-order valence-electron chi connectivity index (χ0n) is 23.1. The van der Waals surface area contributed by atoms with Crippen LogP contribution < -0.4 is 9.62 Å². The maximum absolute atomic E-state index is 13.6. The molecule has 2 heterocycles. The molecule has 1 aliphatic heterocycles. The molecule has 0 fully saturated rings. The average Bonchev–Trinajstić information content (AvgIpc) is 3.21. The Morgan fingerprint density at radius 3 is 2.45 bits per heavy atom. The quantitative estimate of drug-likeness (QED) is 0.524. The second-order valence-electron chi connectivity index (χ2n) is 10.8. The van der Waals surface area contributed by atoms with Crippen molar-refractivity contribution < 1.29 is 18.0 Å². The van der Waals surface area contributed by atoms with Gasteiger partial charge in [-0.05, 0) is 36.4 Å². The number of nitrogens with one attached hydrogen (secondary N) is 1. The van der Waals surface area contributed by atoms with Gasteiger partial charge in [-0.2, -0.15) is 0 Å².